The molecule has 35 heavy (non-hydrogen) atoms. The number of anilines is 1. The Balaban J connectivity index is 0.000000540. The molecule has 3 rings (SSSR count). The van der Waals surface area contributed by atoms with Crippen LogP contribution in [0.4, 0.5) is 27.6 Å². The van der Waals surface area contributed by atoms with E-state index in [0.717, 1.165) is 18.2 Å². The Morgan fingerprint density at radius 1 is 1.06 bits per heavy atom. The number of carbonyl (C=O) groups is 2. The number of carboxylic acids is 1. The van der Waals surface area contributed by atoms with Crippen molar-refractivity contribution in [2.75, 3.05) is 18.9 Å². The van der Waals surface area contributed by atoms with Gasteiger partial charge in [0, 0.05) is 19.5 Å². The van der Waals surface area contributed by atoms with E-state index in [1.54, 1.807) is 32.7 Å². The summed E-state index contributed by atoms with van der Waals surface area (Å²) in [6.07, 6.45) is -4.47. The molecule has 1 heterocycles. The number of nitrogens with zero attached hydrogens (tertiary/aromatic N) is 1. The minimum atomic E-state index is -4.47. The minimum Gasteiger partial charge on any atom is -0.481 e. The maximum absolute atomic E-state index is 13.9. The first-order valence-electron chi connectivity index (χ1n) is 10.4. The van der Waals surface area contributed by atoms with Gasteiger partial charge in [-0.1, -0.05) is 30.4 Å². The summed E-state index contributed by atoms with van der Waals surface area (Å²) in [5.74, 6) is -5.13. The highest BCUT2D eigenvalue weighted by molar-refractivity contribution is 7.80. The topological polar surface area (TPSA) is 69.6 Å². The quantitative estimate of drug-likeness (QED) is 0.404. The highest BCUT2D eigenvalue weighted by atomic mass is 32.1. The van der Waals surface area contributed by atoms with Gasteiger partial charge in [-0.25, -0.2) is 8.78 Å². The van der Waals surface area contributed by atoms with Gasteiger partial charge in [-0.3, -0.25) is 9.59 Å². The summed E-state index contributed by atoms with van der Waals surface area (Å²) in [7, 11) is 1.66. The predicted molar refractivity (Wildman–Crippen MR) is 125 cm³/mol. The van der Waals surface area contributed by atoms with Gasteiger partial charge in [-0.2, -0.15) is 13.2 Å². The molecule has 0 aromatic heterocycles. The Bertz CT molecular complexity index is 1100. The molecule has 1 amide bonds. The molecule has 2 aromatic rings. The van der Waals surface area contributed by atoms with Gasteiger partial charge in [0.15, 0.2) is 11.6 Å². The number of nitrogens with one attached hydrogen (secondary N) is 1. The molecule has 2 atom stereocenters. The zero-order valence-corrected chi connectivity index (χ0v) is 20.2. The van der Waals surface area contributed by atoms with Crippen molar-refractivity contribution in [1.82, 2.24) is 4.90 Å². The number of amides is 1. The van der Waals surface area contributed by atoms with E-state index >= 15 is 0 Å². The lowest BCUT2D eigenvalue weighted by atomic mass is 9.87. The van der Waals surface area contributed by atoms with Gasteiger partial charge in [0.2, 0.25) is 5.91 Å². The van der Waals surface area contributed by atoms with E-state index in [0.29, 0.717) is 12.1 Å². The number of hydrogen-bond acceptors (Lipinski definition) is 3. The third-order valence-corrected chi connectivity index (χ3v) is 5.88. The molecular weight excluding hydrogens is 491 g/mol. The number of thiocarbonyl (C=S) groups is 1. The summed E-state index contributed by atoms with van der Waals surface area (Å²) >= 11 is 5.29. The van der Waals surface area contributed by atoms with Crippen LogP contribution in [0.25, 0.3) is 0 Å². The van der Waals surface area contributed by atoms with Crippen LogP contribution >= 0.6 is 12.2 Å². The van der Waals surface area contributed by atoms with Crippen LogP contribution in [0, 0.1) is 23.0 Å². The second-order valence-electron chi connectivity index (χ2n) is 9.07. The second-order valence-corrected chi connectivity index (χ2v) is 9.49. The third kappa shape index (κ3) is 6.97. The molecule has 190 valence electrons. The smallest absolute Gasteiger partial charge is 0.416 e. The number of hydrogen-bond donors (Lipinski definition) is 2. The normalized spacial score (nSPS) is 18.1. The van der Waals surface area contributed by atoms with E-state index in [1.165, 1.54) is 24.3 Å². The van der Waals surface area contributed by atoms with E-state index in [1.807, 2.05) is 0 Å². The maximum Gasteiger partial charge on any atom is 0.416 e. The van der Waals surface area contributed by atoms with Gasteiger partial charge in [0.05, 0.1) is 27.6 Å². The molecule has 0 unspecified atom stereocenters. The summed E-state index contributed by atoms with van der Waals surface area (Å²) in [4.78, 5) is 24.7. The van der Waals surface area contributed by atoms with Crippen LogP contribution in [-0.4, -0.2) is 40.5 Å². The molecule has 2 aromatic carbocycles. The monoisotopic (exact) mass is 516 g/mol. The van der Waals surface area contributed by atoms with Gasteiger partial charge in [0.25, 0.3) is 0 Å². The van der Waals surface area contributed by atoms with Crippen LogP contribution in [-0.2, 0) is 15.8 Å². The molecule has 0 spiro atoms. The van der Waals surface area contributed by atoms with Crippen molar-refractivity contribution in [2.24, 2.45) is 11.3 Å². The third-order valence-electron chi connectivity index (χ3n) is 5.31. The average molecular weight is 517 g/mol. The number of carboxylic acid groups (broad SMARTS) is 1. The number of alkyl halides is 3. The number of likely N-dealkylation sites (N-methyl/N-ethyl adjacent to an activating group) is 1. The highest BCUT2D eigenvalue weighted by Gasteiger charge is 2.42. The molecule has 0 bridgehead atoms. The van der Waals surface area contributed by atoms with Crippen LogP contribution in [0.5, 0.6) is 0 Å². The Hall–Kier alpha value is -3.08. The summed E-state index contributed by atoms with van der Waals surface area (Å²) in [6, 6.07) is 7.88. The zero-order valence-electron chi connectivity index (χ0n) is 19.4. The van der Waals surface area contributed by atoms with Crippen molar-refractivity contribution < 1.29 is 36.6 Å². The van der Waals surface area contributed by atoms with Gasteiger partial charge in [-0.15, -0.1) is 0 Å². The van der Waals surface area contributed by atoms with Crippen LogP contribution in [0.2, 0.25) is 0 Å². The molecular formula is C24H25F5N2O3S. The average Bonchev–Trinajstić information content (AvgIpc) is 3.05. The fraction of sp³-hybridized carbons (Fsp3) is 0.375. The van der Waals surface area contributed by atoms with E-state index in [9.17, 15) is 31.5 Å². The van der Waals surface area contributed by atoms with Crippen LogP contribution in [0.3, 0.4) is 0 Å². The first-order chi connectivity index (χ1) is 16.0. The number of likely N-dealkylation sites (tertiary alicyclic amines) is 1. The molecule has 0 aliphatic carbocycles. The fourth-order valence-corrected chi connectivity index (χ4v) is 3.57. The largest absolute Gasteiger partial charge is 0.481 e. The summed E-state index contributed by atoms with van der Waals surface area (Å²) in [5.41, 5.74) is -1.21. The first kappa shape index (κ1) is 28.2. The summed E-state index contributed by atoms with van der Waals surface area (Å²) < 4.78 is 65.6. The standard InChI is InChI=1S/C19H15F5N2OS.C5H10O2/c1-26-9-12(10-5-7-11(8-6-10)19(22,23)24)15(18(26)28)17(27)25-14-4-2-3-13(20)16(14)21;1-5(2,3)4(6)7/h2-8,12,15H,9H2,1H3,(H,25,27);1-3H3,(H,6,7)/t12-,15+;/m1./s1. The molecule has 1 fully saturated rings. The molecule has 1 aliphatic rings. The van der Waals surface area contributed by atoms with Gasteiger partial charge in [-0.05, 0) is 50.6 Å². The predicted octanol–water partition coefficient (Wildman–Crippen LogP) is 5.71. The fourth-order valence-electron chi connectivity index (χ4n) is 3.22. The van der Waals surface area contributed by atoms with Crippen LogP contribution in [0.15, 0.2) is 42.5 Å². The van der Waals surface area contributed by atoms with Crippen molar-refractivity contribution in [1.29, 1.82) is 0 Å². The molecule has 11 heteroatoms. The first-order valence-corrected chi connectivity index (χ1v) is 10.8. The van der Waals surface area contributed by atoms with Crippen LogP contribution < -0.4 is 5.32 Å². The second kappa shape index (κ2) is 10.7. The van der Waals surface area contributed by atoms with Crippen LogP contribution in [0.1, 0.15) is 37.8 Å². The Kier molecular flexibility index (Phi) is 8.59. The maximum atomic E-state index is 13.9. The minimum absolute atomic E-state index is 0.277. The molecule has 1 aliphatic heterocycles. The summed E-state index contributed by atoms with van der Waals surface area (Å²) in [6.45, 7) is 5.30. The zero-order chi connectivity index (χ0) is 26.7. The van der Waals surface area contributed by atoms with Crippen molar-refractivity contribution >= 4 is 34.8 Å². The summed E-state index contributed by atoms with van der Waals surface area (Å²) in [5, 5.41) is 10.6. The highest BCUT2D eigenvalue weighted by Crippen LogP contribution is 2.37. The Morgan fingerprint density at radius 2 is 1.60 bits per heavy atom. The molecule has 0 saturated carbocycles. The van der Waals surface area contributed by atoms with Crippen molar-refractivity contribution in [2.45, 2.75) is 32.9 Å². The molecule has 5 nitrogen and oxygen atoms in total. The van der Waals surface area contributed by atoms with Crippen molar-refractivity contribution in [3.63, 3.8) is 0 Å². The van der Waals surface area contributed by atoms with Crippen molar-refractivity contribution in [3.05, 3.63) is 65.2 Å². The van der Waals surface area contributed by atoms with E-state index < -0.39 is 52.5 Å². The lowest BCUT2D eigenvalue weighted by Crippen LogP contribution is -2.32. The number of carbonyl (C=O) groups excluding carboxylic acids is 1. The molecule has 1 saturated heterocycles. The number of halogens is 5. The lowest BCUT2D eigenvalue weighted by molar-refractivity contribution is -0.145. The molecule has 2 N–H and O–H groups in total. The van der Waals surface area contributed by atoms with E-state index in [2.05, 4.69) is 5.32 Å². The van der Waals surface area contributed by atoms with Crippen molar-refractivity contribution in [3.8, 4) is 0 Å². The SMILES string of the molecule is CC(C)(C)C(=O)O.CN1C[C@H](c2ccc(C(F)(F)F)cc2)[C@@H](C(=O)Nc2cccc(F)c2F)C1=S. The van der Waals surface area contributed by atoms with E-state index in [-0.39, 0.29) is 10.7 Å². The number of aliphatic carboxylic acids is 1. The molecule has 0 radical (unpaired) electrons. The van der Waals surface area contributed by atoms with Gasteiger partial charge >= 0.3 is 12.1 Å². The number of benzene rings is 2. The van der Waals surface area contributed by atoms with Gasteiger partial charge in [0.1, 0.15) is 0 Å². The Labute approximate surface area is 204 Å². The number of rotatable bonds is 3. The van der Waals surface area contributed by atoms with E-state index in [4.69, 9.17) is 17.3 Å². The van der Waals surface area contributed by atoms with Gasteiger partial charge < -0.3 is 15.3 Å². The Morgan fingerprint density at radius 3 is 2.09 bits per heavy atom. The lowest BCUT2D eigenvalue weighted by Gasteiger charge is -2.19.